The first kappa shape index (κ1) is 15.5. The molecule has 0 bridgehead atoms. The molecule has 1 heterocycles. The van der Waals surface area contributed by atoms with Crippen LogP contribution in [0.4, 0.5) is 0 Å². The molecule has 1 nitrogen and oxygen atoms in total. The molecule has 0 saturated heterocycles. The van der Waals surface area contributed by atoms with Gasteiger partial charge in [0.1, 0.15) is 0 Å². The molecule has 0 amide bonds. The Morgan fingerprint density at radius 3 is 2.20 bits per heavy atom. The van der Waals surface area contributed by atoms with Crippen LogP contribution in [0, 0.1) is 0 Å². The molecule has 1 aromatic heterocycles. The second-order valence-electron chi connectivity index (χ2n) is 5.65. The van der Waals surface area contributed by atoms with Gasteiger partial charge in [-0.05, 0) is 25.0 Å². The molecule has 110 valence electrons. The van der Waals surface area contributed by atoms with Crippen LogP contribution in [-0.2, 0) is 6.42 Å². The van der Waals surface area contributed by atoms with Crippen molar-refractivity contribution in [3.8, 4) is 0 Å². The van der Waals surface area contributed by atoms with Crippen molar-refractivity contribution in [1.82, 2.24) is 4.98 Å². The van der Waals surface area contributed by atoms with Gasteiger partial charge in [0, 0.05) is 0 Å². The third kappa shape index (κ3) is 5.24. The Kier molecular flexibility index (Phi) is 7.07. The summed E-state index contributed by atoms with van der Waals surface area (Å²) in [6, 6.07) is 8.46. The molecule has 0 aliphatic carbocycles. The van der Waals surface area contributed by atoms with Crippen LogP contribution < -0.4 is 0 Å². The van der Waals surface area contributed by atoms with Crippen LogP contribution in [-0.4, -0.2) is 4.98 Å². The molecule has 0 unspecified atom stereocenters. The van der Waals surface area contributed by atoms with Crippen LogP contribution in [0.1, 0.15) is 69.7 Å². The highest BCUT2D eigenvalue weighted by Crippen LogP contribution is 2.23. The summed E-state index contributed by atoms with van der Waals surface area (Å²) in [5.41, 5.74) is 1.17. The molecule has 0 N–H and O–H groups in total. The Morgan fingerprint density at radius 1 is 0.850 bits per heavy atom. The summed E-state index contributed by atoms with van der Waals surface area (Å²) in [7, 11) is 0. The number of fused-ring (bicyclic) bond motifs is 1. The first-order valence-corrected chi connectivity index (χ1v) is 9.06. The van der Waals surface area contributed by atoms with Gasteiger partial charge in [0.25, 0.3) is 0 Å². The van der Waals surface area contributed by atoms with Gasteiger partial charge in [-0.15, -0.1) is 11.3 Å². The highest BCUT2D eigenvalue weighted by Gasteiger charge is 2.02. The number of hydrogen-bond acceptors (Lipinski definition) is 2. The smallest absolute Gasteiger partial charge is 0.0938 e. The van der Waals surface area contributed by atoms with Crippen molar-refractivity contribution in [1.29, 1.82) is 0 Å². The SMILES string of the molecule is CCCCCCCCCCCc1nc2ccccc2s1. The third-order valence-corrected chi connectivity index (χ3v) is 4.93. The van der Waals surface area contributed by atoms with Crippen LogP contribution in [0.5, 0.6) is 0 Å². The molecule has 2 aromatic rings. The van der Waals surface area contributed by atoms with E-state index in [0.717, 1.165) is 6.42 Å². The topological polar surface area (TPSA) is 12.9 Å². The molecular formula is C18H27NS. The predicted molar refractivity (Wildman–Crippen MR) is 90.6 cm³/mol. The van der Waals surface area contributed by atoms with Gasteiger partial charge in [0.15, 0.2) is 0 Å². The first-order chi connectivity index (χ1) is 9.90. The largest absolute Gasteiger partial charge is 0.241 e. The maximum atomic E-state index is 4.70. The molecule has 0 aliphatic rings. The van der Waals surface area contributed by atoms with Gasteiger partial charge in [0.2, 0.25) is 0 Å². The number of hydrogen-bond donors (Lipinski definition) is 0. The number of aryl methyl sites for hydroxylation is 1. The monoisotopic (exact) mass is 289 g/mol. The van der Waals surface area contributed by atoms with E-state index < -0.39 is 0 Å². The Labute approximate surface area is 127 Å². The van der Waals surface area contributed by atoms with E-state index in [0.29, 0.717) is 0 Å². The van der Waals surface area contributed by atoms with Crippen molar-refractivity contribution in [2.45, 2.75) is 71.1 Å². The van der Waals surface area contributed by atoms with Gasteiger partial charge in [-0.2, -0.15) is 0 Å². The maximum absolute atomic E-state index is 4.70. The van der Waals surface area contributed by atoms with Gasteiger partial charge in [-0.1, -0.05) is 70.4 Å². The fourth-order valence-electron chi connectivity index (χ4n) is 2.61. The maximum Gasteiger partial charge on any atom is 0.0938 e. The summed E-state index contributed by atoms with van der Waals surface area (Å²) in [4.78, 5) is 4.70. The molecule has 0 fully saturated rings. The zero-order valence-electron chi connectivity index (χ0n) is 12.7. The molecule has 0 radical (unpaired) electrons. The zero-order valence-corrected chi connectivity index (χ0v) is 13.6. The average Bonchev–Trinajstić information content (AvgIpc) is 2.88. The van der Waals surface area contributed by atoms with E-state index in [1.165, 1.54) is 73.0 Å². The van der Waals surface area contributed by atoms with Crippen LogP contribution in [0.15, 0.2) is 24.3 Å². The van der Waals surface area contributed by atoms with Crippen LogP contribution in [0.25, 0.3) is 10.2 Å². The van der Waals surface area contributed by atoms with Crippen molar-refractivity contribution in [2.75, 3.05) is 0 Å². The molecule has 2 heteroatoms. The summed E-state index contributed by atoms with van der Waals surface area (Å²) >= 11 is 1.86. The van der Waals surface area contributed by atoms with E-state index in [4.69, 9.17) is 4.98 Å². The molecular weight excluding hydrogens is 262 g/mol. The zero-order chi connectivity index (χ0) is 14.0. The molecule has 1 aromatic carbocycles. The van der Waals surface area contributed by atoms with Crippen molar-refractivity contribution in [3.63, 3.8) is 0 Å². The molecule has 2 rings (SSSR count). The van der Waals surface area contributed by atoms with Crippen molar-refractivity contribution < 1.29 is 0 Å². The van der Waals surface area contributed by atoms with E-state index in [-0.39, 0.29) is 0 Å². The van der Waals surface area contributed by atoms with Crippen molar-refractivity contribution in [2.24, 2.45) is 0 Å². The molecule has 20 heavy (non-hydrogen) atoms. The molecule has 0 atom stereocenters. The standard InChI is InChI=1S/C18H27NS/c1-2-3-4-5-6-7-8-9-10-15-18-19-16-13-11-12-14-17(16)20-18/h11-14H,2-10,15H2,1H3. The van der Waals surface area contributed by atoms with Crippen LogP contribution >= 0.6 is 11.3 Å². The highest BCUT2D eigenvalue weighted by molar-refractivity contribution is 7.18. The van der Waals surface area contributed by atoms with E-state index in [2.05, 4.69) is 31.2 Å². The number of nitrogens with zero attached hydrogens (tertiary/aromatic N) is 1. The van der Waals surface area contributed by atoms with Crippen LogP contribution in [0.3, 0.4) is 0 Å². The van der Waals surface area contributed by atoms with Gasteiger partial charge in [-0.3, -0.25) is 0 Å². The number of para-hydroxylation sites is 1. The summed E-state index contributed by atoms with van der Waals surface area (Å²) in [5, 5.41) is 1.31. The Morgan fingerprint density at radius 2 is 1.50 bits per heavy atom. The summed E-state index contributed by atoms with van der Waals surface area (Å²) in [6.07, 6.45) is 13.7. The fourth-order valence-corrected chi connectivity index (χ4v) is 3.62. The van der Waals surface area contributed by atoms with Crippen LogP contribution in [0.2, 0.25) is 0 Å². The number of thiazole rings is 1. The molecule has 0 aliphatic heterocycles. The lowest BCUT2D eigenvalue weighted by atomic mass is 10.1. The minimum atomic E-state index is 1.16. The fraction of sp³-hybridized carbons (Fsp3) is 0.611. The number of benzene rings is 1. The van der Waals surface area contributed by atoms with Gasteiger partial charge in [0.05, 0.1) is 15.2 Å². The quantitative estimate of drug-likeness (QED) is 0.463. The van der Waals surface area contributed by atoms with E-state index in [9.17, 15) is 0 Å². The van der Waals surface area contributed by atoms with Crippen molar-refractivity contribution >= 4 is 21.6 Å². The molecule has 0 spiro atoms. The Bertz CT molecular complexity index is 456. The predicted octanol–water partition coefficient (Wildman–Crippen LogP) is 6.37. The van der Waals surface area contributed by atoms with E-state index >= 15 is 0 Å². The minimum absolute atomic E-state index is 1.16. The third-order valence-electron chi connectivity index (χ3n) is 3.83. The van der Waals surface area contributed by atoms with Crippen molar-refractivity contribution in [3.05, 3.63) is 29.3 Å². The highest BCUT2D eigenvalue weighted by atomic mass is 32.1. The summed E-state index contributed by atoms with van der Waals surface area (Å²) < 4.78 is 1.33. The van der Waals surface area contributed by atoms with Gasteiger partial charge < -0.3 is 0 Å². The second-order valence-corrected chi connectivity index (χ2v) is 6.77. The number of unbranched alkanes of at least 4 members (excludes halogenated alkanes) is 8. The van der Waals surface area contributed by atoms with Gasteiger partial charge >= 0.3 is 0 Å². The first-order valence-electron chi connectivity index (χ1n) is 8.24. The second kappa shape index (κ2) is 9.12. The summed E-state index contributed by atoms with van der Waals surface area (Å²) in [6.45, 7) is 2.28. The number of rotatable bonds is 10. The lowest BCUT2D eigenvalue weighted by Gasteiger charge is -2.01. The average molecular weight is 289 g/mol. The van der Waals surface area contributed by atoms with E-state index in [1.54, 1.807) is 0 Å². The minimum Gasteiger partial charge on any atom is -0.241 e. The molecule has 0 saturated carbocycles. The Hall–Kier alpha value is -0.890. The normalized spacial score (nSPS) is 11.2. The number of aromatic nitrogens is 1. The van der Waals surface area contributed by atoms with Gasteiger partial charge in [-0.25, -0.2) is 4.98 Å². The van der Waals surface area contributed by atoms with E-state index in [1.807, 2.05) is 11.3 Å². The Balaban J connectivity index is 1.55. The lowest BCUT2D eigenvalue weighted by molar-refractivity contribution is 0.564. The summed E-state index contributed by atoms with van der Waals surface area (Å²) in [5.74, 6) is 0. The lowest BCUT2D eigenvalue weighted by Crippen LogP contribution is -1.85.